The van der Waals surface area contributed by atoms with Gasteiger partial charge in [-0.1, -0.05) is 54.1 Å². The summed E-state index contributed by atoms with van der Waals surface area (Å²) in [7, 11) is -3.86. The second kappa shape index (κ2) is 9.86. The maximum Gasteiger partial charge on any atom is 0.208 e. The van der Waals surface area contributed by atoms with Gasteiger partial charge in [-0.2, -0.15) is 5.26 Å². The van der Waals surface area contributed by atoms with Gasteiger partial charge in [0.1, 0.15) is 0 Å². The van der Waals surface area contributed by atoms with Crippen molar-refractivity contribution in [2.75, 3.05) is 23.7 Å². The molecule has 0 saturated heterocycles. The van der Waals surface area contributed by atoms with E-state index in [0.717, 1.165) is 12.0 Å². The van der Waals surface area contributed by atoms with Crippen LogP contribution in [0.1, 0.15) is 17.5 Å². The molecular weight excluding hydrogens is 430 g/mol. The summed E-state index contributed by atoms with van der Waals surface area (Å²) in [6.07, 6.45) is 1.02. The van der Waals surface area contributed by atoms with Crippen LogP contribution in [0, 0.1) is 18.3 Å². The molecule has 0 aromatic heterocycles. The van der Waals surface area contributed by atoms with Gasteiger partial charge >= 0.3 is 0 Å². The van der Waals surface area contributed by atoms with Crippen LogP contribution in [0.3, 0.4) is 0 Å². The molecule has 7 heteroatoms. The summed E-state index contributed by atoms with van der Waals surface area (Å²) in [5.74, 6) is 0. The van der Waals surface area contributed by atoms with Crippen LogP contribution in [-0.4, -0.2) is 21.5 Å². The third kappa shape index (κ3) is 5.19. The van der Waals surface area contributed by atoms with Crippen molar-refractivity contribution < 1.29 is 8.42 Å². The summed E-state index contributed by atoms with van der Waals surface area (Å²) < 4.78 is 27.2. The fourth-order valence-electron chi connectivity index (χ4n) is 3.47. The lowest BCUT2D eigenvalue weighted by Gasteiger charge is -2.27. The summed E-state index contributed by atoms with van der Waals surface area (Å²) in [4.78, 5) is 2.28. The number of nitrogen functional groups attached to an aromatic ring is 1. The molecule has 2 N–H and O–H groups in total. The first-order chi connectivity index (χ1) is 14.8. The van der Waals surface area contributed by atoms with Gasteiger partial charge in [0.15, 0.2) is 0 Å². The van der Waals surface area contributed by atoms with E-state index in [0.29, 0.717) is 30.0 Å². The molecule has 0 atom stereocenters. The number of aryl methyl sites for hydroxylation is 1. The molecule has 0 fully saturated rings. The maximum absolute atomic E-state index is 13.6. The third-order valence-electron chi connectivity index (χ3n) is 5.09. The van der Waals surface area contributed by atoms with E-state index in [1.54, 1.807) is 19.1 Å². The average molecular weight is 454 g/mol. The highest BCUT2D eigenvalue weighted by Crippen LogP contribution is 2.35. The quantitative estimate of drug-likeness (QED) is 0.483. The minimum absolute atomic E-state index is 0.0885. The van der Waals surface area contributed by atoms with Crippen molar-refractivity contribution in [3.63, 3.8) is 0 Å². The Kier molecular flexibility index (Phi) is 7.21. The van der Waals surface area contributed by atoms with Crippen molar-refractivity contribution in [2.45, 2.75) is 29.6 Å². The van der Waals surface area contributed by atoms with Crippen LogP contribution in [-0.2, 0) is 16.3 Å². The minimum Gasteiger partial charge on any atom is -0.398 e. The van der Waals surface area contributed by atoms with Crippen molar-refractivity contribution in [2.24, 2.45) is 0 Å². The Morgan fingerprint density at radius 1 is 1.03 bits per heavy atom. The number of halogens is 1. The number of nitrogens with two attached hydrogens (primary N) is 1. The van der Waals surface area contributed by atoms with E-state index in [-0.39, 0.29) is 21.2 Å². The molecule has 0 bridgehead atoms. The summed E-state index contributed by atoms with van der Waals surface area (Å²) in [5, 5.41) is 9.34. The van der Waals surface area contributed by atoms with Gasteiger partial charge in [0.05, 0.1) is 38.7 Å². The monoisotopic (exact) mass is 453 g/mol. The topological polar surface area (TPSA) is 87.2 Å². The summed E-state index contributed by atoms with van der Waals surface area (Å²) >= 11 is 6.10. The Bertz CT molecular complexity index is 1210. The van der Waals surface area contributed by atoms with Crippen LogP contribution in [0.4, 0.5) is 11.4 Å². The van der Waals surface area contributed by atoms with E-state index in [4.69, 9.17) is 22.6 Å². The lowest BCUT2D eigenvalue weighted by Crippen LogP contribution is -2.28. The lowest BCUT2D eigenvalue weighted by atomic mass is 10.1. The highest BCUT2D eigenvalue weighted by molar-refractivity contribution is 7.91. The average Bonchev–Trinajstić information content (AvgIpc) is 2.76. The second-order valence-corrected chi connectivity index (χ2v) is 9.53. The van der Waals surface area contributed by atoms with Crippen LogP contribution in [0.25, 0.3) is 0 Å². The molecule has 0 aliphatic carbocycles. The number of benzene rings is 3. The Morgan fingerprint density at radius 2 is 1.77 bits per heavy atom. The van der Waals surface area contributed by atoms with E-state index in [1.165, 1.54) is 18.2 Å². The molecule has 0 spiro atoms. The number of rotatable bonds is 8. The highest BCUT2D eigenvalue weighted by Gasteiger charge is 2.26. The molecule has 0 heterocycles. The van der Waals surface area contributed by atoms with Gasteiger partial charge in [0, 0.05) is 13.1 Å². The fourth-order valence-corrected chi connectivity index (χ4v) is 5.44. The summed E-state index contributed by atoms with van der Waals surface area (Å²) in [5.41, 5.74) is 8.45. The van der Waals surface area contributed by atoms with Gasteiger partial charge in [-0.3, -0.25) is 0 Å². The van der Waals surface area contributed by atoms with E-state index < -0.39 is 9.84 Å². The standard InChI is InChI=1S/C24H24ClN3O2S/c1-18-7-5-10-23(24(18)31(29,30)20-11-12-22(27)21(25)17-20)28(15-6-14-26)16-13-19-8-3-2-4-9-19/h2-5,7-12,17H,6,13,15-16,27H2,1H3. The largest absolute Gasteiger partial charge is 0.398 e. The van der Waals surface area contributed by atoms with E-state index in [9.17, 15) is 8.42 Å². The SMILES string of the molecule is Cc1cccc(N(CCC#N)CCc2ccccc2)c1S(=O)(=O)c1ccc(N)c(Cl)c1. The van der Waals surface area contributed by atoms with Crippen LogP contribution in [0.5, 0.6) is 0 Å². The zero-order valence-electron chi connectivity index (χ0n) is 17.3. The number of hydrogen-bond acceptors (Lipinski definition) is 5. The molecular formula is C24H24ClN3O2S. The van der Waals surface area contributed by atoms with Gasteiger partial charge in [-0.25, -0.2) is 8.42 Å². The Labute approximate surface area is 188 Å². The first kappa shape index (κ1) is 22.7. The van der Waals surface area contributed by atoms with Gasteiger partial charge in [0.2, 0.25) is 9.84 Å². The number of nitrogens with zero attached hydrogens (tertiary/aromatic N) is 2. The minimum atomic E-state index is -3.86. The molecule has 0 radical (unpaired) electrons. The Hall–Kier alpha value is -3.01. The fraction of sp³-hybridized carbons (Fsp3) is 0.208. The van der Waals surface area contributed by atoms with Gasteiger partial charge in [0.25, 0.3) is 0 Å². The van der Waals surface area contributed by atoms with Crippen LogP contribution < -0.4 is 10.6 Å². The van der Waals surface area contributed by atoms with Crippen LogP contribution in [0.2, 0.25) is 5.02 Å². The third-order valence-corrected chi connectivity index (χ3v) is 7.36. The predicted octanol–water partition coefficient (Wildman–Crippen LogP) is 5.03. The number of nitriles is 1. The zero-order valence-corrected chi connectivity index (χ0v) is 18.8. The molecule has 31 heavy (non-hydrogen) atoms. The van der Waals surface area contributed by atoms with Gasteiger partial charge < -0.3 is 10.6 Å². The van der Waals surface area contributed by atoms with Gasteiger partial charge in [-0.15, -0.1) is 0 Å². The number of sulfone groups is 1. The van der Waals surface area contributed by atoms with E-state index in [2.05, 4.69) is 6.07 Å². The Balaban J connectivity index is 2.05. The van der Waals surface area contributed by atoms with Crippen LogP contribution in [0.15, 0.2) is 76.5 Å². The molecule has 0 aliphatic heterocycles. The second-order valence-electron chi connectivity index (χ2n) is 7.24. The predicted molar refractivity (Wildman–Crippen MR) is 125 cm³/mol. The molecule has 160 valence electrons. The molecule has 0 amide bonds. The molecule has 3 aromatic carbocycles. The summed E-state index contributed by atoms with van der Waals surface area (Å²) in [6.45, 7) is 2.78. The molecule has 3 rings (SSSR count). The first-order valence-electron chi connectivity index (χ1n) is 9.90. The molecule has 5 nitrogen and oxygen atoms in total. The van der Waals surface area contributed by atoms with Gasteiger partial charge in [-0.05, 0) is 48.7 Å². The normalized spacial score (nSPS) is 11.1. The van der Waals surface area contributed by atoms with E-state index in [1.807, 2.05) is 41.3 Å². The van der Waals surface area contributed by atoms with Crippen molar-refractivity contribution in [3.8, 4) is 6.07 Å². The molecule has 0 saturated carbocycles. The molecule has 0 aliphatic rings. The van der Waals surface area contributed by atoms with Crippen LogP contribution >= 0.6 is 11.6 Å². The van der Waals surface area contributed by atoms with Crippen molar-refractivity contribution in [1.82, 2.24) is 0 Å². The van der Waals surface area contributed by atoms with Crippen molar-refractivity contribution in [3.05, 3.63) is 82.9 Å². The highest BCUT2D eigenvalue weighted by atomic mass is 35.5. The number of hydrogen-bond donors (Lipinski definition) is 1. The van der Waals surface area contributed by atoms with Crippen molar-refractivity contribution in [1.29, 1.82) is 5.26 Å². The first-order valence-corrected chi connectivity index (χ1v) is 11.8. The summed E-state index contributed by atoms with van der Waals surface area (Å²) in [6, 6.07) is 21.9. The van der Waals surface area contributed by atoms with E-state index >= 15 is 0 Å². The molecule has 0 unspecified atom stereocenters. The lowest BCUT2D eigenvalue weighted by molar-refractivity contribution is 0.595. The smallest absolute Gasteiger partial charge is 0.208 e. The Morgan fingerprint density at radius 3 is 2.45 bits per heavy atom. The zero-order chi connectivity index (χ0) is 22.4. The number of anilines is 2. The van der Waals surface area contributed by atoms with Crippen molar-refractivity contribution >= 4 is 32.8 Å². The maximum atomic E-state index is 13.6. The molecule has 3 aromatic rings.